The molecule has 2 aliphatic rings. The van der Waals surface area contributed by atoms with Crippen molar-refractivity contribution in [3.8, 4) is 0 Å². The molecule has 3 atom stereocenters. The molecular weight excluding hydrogens is 224 g/mol. The first kappa shape index (κ1) is 14.3. The monoisotopic (exact) mass is 254 g/mol. The van der Waals surface area contributed by atoms with Crippen LogP contribution < -0.4 is 5.73 Å². The summed E-state index contributed by atoms with van der Waals surface area (Å²) in [5, 5.41) is 0. The topological polar surface area (TPSA) is 38.5 Å². The molecule has 2 rings (SSSR count). The lowest BCUT2D eigenvalue weighted by atomic mass is 9.86. The number of piperidine rings is 1. The van der Waals surface area contributed by atoms with Gasteiger partial charge < -0.3 is 15.4 Å². The van der Waals surface area contributed by atoms with Crippen LogP contribution in [0.25, 0.3) is 0 Å². The Hall–Kier alpha value is -0.120. The van der Waals surface area contributed by atoms with E-state index in [1.807, 2.05) is 0 Å². The van der Waals surface area contributed by atoms with E-state index in [9.17, 15) is 0 Å². The summed E-state index contributed by atoms with van der Waals surface area (Å²) in [6.07, 6.45) is 6.08. The largest absolute Gasteiger partial charge is 0.375 e. The van der Waals surface area contributed by atoms with E-state index in [1.54, 1.807) is 0 Å². The lowest BCUT2D eigenvalue weighted by molar-refractivity contribution is -0.0998. The number of ether oxygens (including phenoxy) is 1. The number of rotatable bonds is 3. The van der Waals surface area contributed by atoms with E-state index in [0.29, 0.717) is 6.04 Å². The molecule has 0 amide bonds. The minimum atomic E-state index is 0.112. The summed E-state index contributed by atoms with van der Waals surface area (Å²) < 4.78 is 5.95. The predicted octanol–water partition coefficient (Wildman–Crippen LogP) is 2.39. The van der Waals surface area contributed by atoms with E-state index in [0.717, 1.165) is 25.0 Å². The summed E-state index contributed by atoms with van der Waals surface area (Å²) in [4.78, 5) is 2.69. The summed E-state index contributed by atoms with van der Waals surface area (Å²) in [5.74, 6) is 0.735. The van der Waals surface area contributed by atoms with E-state index >= 15 is 0 Å². The highest BCUT2D eigenvalue weighted by molar-refractivity contribution is 4.89. The van der Waals surface area contributed by atoms with Crippen LogP contribution >= 0.6 is 0 Å². The van der Waals surface area contributed by atoms with Gasteiger partial charge >= 0.3 is 0 Å². The van der Waals surface area contributed by atoms with Crippen LogP contribution in [-0.2, 0) is 4.74 Å². The number of hydrogen-bond donors (Lipinski definition) is 1. The third-order valence-electron chi connectivity index (χ3n) is 5.15. The quantitative estimate of drug-likeness (QED) is 0.840. The third-order valence-corrected chi connectivity index (χ3v) is 5.15. The van der Waals surface area contributed by atoms with Gasteiger partial charge in [0.15, 0.2) is 0 Å². The van der Waals surface area contributed by atoms with Crippen LogP contribution in [-0.4, -0.2) is 42.3 Å². The molecule has 3 heteroatoms. The van der Waals surface area contributed by atoms with Gasteiger partial charge in [-0.1, -0.05) is 6.92 Å². The number of likely N-dealkylation sites (tertiary alicyclic amines) is 1. The predicted molar refractivity (Wildman–Crippen MR) is 75.6 cm³/mol. The Balaban J connectivity index is 1.86. The fourth-order valence-corrected chi connectivity index (χ4v) is 3.47. The van der Waals surface area contributed by atoms with Gasteiger partial charge in [-0.25, -0.2) is 0 Å². The van der Waals surface area contributed by atoms with Crippen molar-refractivity contribution in [2.45, 2.75) is 70.6 Å². The van der Waals surface area contributed by atoms with E-state index in [2.05, 4.69) is 25.7 Å². The Morgan fingerprint density at radius 2 is 2.00 bits per heavy atom. The molecule has 0 spiro atoms. The molecule has 0 aromatic heterocycles. The number of nitrogens with zero attached hydrogens (tertiary/aromatic N) is 1. The maximum Gasteiger partial charge on any atom is 0.0666 e. The van der Waals surface area contributed by atoms with Gasteiger partial charge in [-0.15, -0.1) is 0 Å². The Morgan fingerprint density at radius 3 is 2.56 bits per heavy atom. The van der Waals surface area contributed by atoms with Gasteiger partial charge in [0, 0.05) is 18.7 Å². The lowest BCUT2D eigenvalue weighted by Crippen LogP contribution is -2.50. The van der Waals surface area contributed by atoms with Crippen molar-refractivity contribution in [3.05, 3.63) is 0 Å². The molecule has 3 unspecified atom stereocenters. The van der Waals surface area contributed by atoms with Crippen LogP contribution in [0.15, 0.2) is 0 Å². The van der Waals surface area contributed by atoms with E-state index in [-0.39, 0.29) is 5.60 Å². The number of hydrogen-bond acceptors (Lipinski definition) is 3. The number of nitrogens with two attached hydrogens (primary N) is 1. The van der Waals surface area contributed by atoms with Crippen LogP contribution in [0.3, 0.4) is 0 Å². The van der Waals surface area contributed by atoms with Crippen molar-refractivity contribution in [2.24, 2.45) is 11.7 Å². The van der Waals surface area contributed by atoms with E-state index in [1.165, 1.54) is 38.8 Å². The fraction of sp³-hybridized carbons (Fsp3) is 1.00. The highest BCUT2D eigenvalue weighted by Gasteiger charge is 2.35. The van der Waals surface area contributed by atoms with Gasteiger partial charge in [-0.05, 0) is 65.0 Å². The molecule has 0 radical (unpaired) electrons. The first-order valence-corrected chi connectivity index (χ1v) is 7.67. The van der Waals surface area contributed by atoms with Gasteiger partial charge in [-0.3, -0.25) is 0 Å². The molecular formula is C15H30N2O. The van der Waals surface area contributed by atoms with Crippen molar-refractivity contribution in [1.29, 1.82) is 0 Å². The molecule has 106 valence electrons. The standard InChI is InChI=1S/C15H30N2O/c1-4-15(3)11-14(7-10-18-15)17-8-5-13(6-9-17)12(2)16/h12-14H,4-11,16H2,1-3H3. The third kappa shape index (κ3) is 3.25. The van der Waals surface area contributed by atoms with E-state index < -0.39 is 0 Å². The average molecular weight is 254 g/mol. The molecule has 3 nitrogen and oxygen atoms in total. The summed E-state index contributed by atoms with van der Waals surface area (Å²) >= 11 is 0. The Morgan fingerprint density at radius 1 is 1.33 bits per heavy atom. The molecule has 0 aromatic carbocycles. The van der Waals surface area contributed by atoms with Crippen molar-refractivity contribution in [2.75, 3.05) is 19.7 Å². The van der Waals surface area contributed by atoms with Crippen LogP contribution in [0.4, 0.5) is 0 Å². The van der Waals surface area contributed by atoms with Gasteiger partial charge in [0.05, 0.1) is 5.60 Å². The summed E-state index contributed by atoms with van der Waals surface area (Å²) in [5.41, 5.74) is 6.13. The van der Waals surface area contributed by atoms with Gasteiger partial charge in [0.2, 0.25) is 0 Å². The second-order valence-electron chi connectivity index (χ2n) is 6.53. The van der Waals surface area contributed by atoms with Crippen LogP contribution in [0, 0.1) is 5.92 Å². The van der Waals surface area contributed by atoms with Crippen molar-refractivity contribution in [1.82, 2.24) is 4.90 Å². The zero-order chi connectivity index (χ0) is 13.2. The smallest absolute Gasteiger partial charge is 0.0666 e. The molecule has 0 saturated carbocycles. The van der Waals surface area contributed by atoms with Crippen LogP contribution in [0.5, 0.6) is 0 Å². The van der Waals surface area contributed by atoms with Gasteiger partial charge in [0.25, 0.3) is 0 Å². The molecule has 2 N–H and O–H groups in total. The average Bonchev–Trinajstić information content (AvgIpc) is 2.39. The maximum absolute atomic E-state index is 6.02. The highest BCUT2D eigenvalue weighted by Crippen LogP contribution is 2.32. The van der Waals surface area contributed by atoms with Crippen molar-refractivity contribution < 1.29 is 4.74 Å². The van der Waals surface area contributed by atoms with Crippen molar-refractivity contribution in [3.63, 3.8) is 0 Å². The molecule has 0 bridgehead atoms. The van der Waals surface area contributed by atoms with Gasteiger partial charge in [0.1, 0.15) is 0 Å². The minimum absolute atomic E-state index is 0.112. The van der Waals surface area contributed by atoms with Crippen LogP contribution in [0.2, 0.25) is 0 Å². The SMILES string of the molecule is CCC1(C)CC(N2CCC(C(C)N)CC2)CCO1. The first-order valence-electron chi connectivity index (χ1n) is 7.67. The molecule has 2 aliphatic heterocycles. The molecule has 0 aromatic rings. The summed E-state index contributed by atoms with van der Waals surface area (Å²) in [7, 11) is 0. The van der Waals surface area contributed by atoms with Gasteiger partial charge in [-0.2, -0.15) is 0 Å². The van der Waals surface area contributed by atoms with E-state index in [4.69, 9.17) is 10.5 Å². The molecule has 2 heterocycles. The maximum atomic E-state index is 6.02. The zero-order valence-electron chi connectivity index (χ0n) is 12.3. The Labute approximate surface area is 112 Å². The second kappa shape index (κ2) is 5.89. The lowest BCUT2D eigenvalue weighted by Gasteiger charge is -2.45. The second-order valence-corrected chi connectivity index (χ2v) is 6.53. The fourth-order valence-electron chi connectivity index (χ4n) is 3.47. The molecule has 2 saturated heterocycles. The Kier molecular flexibility index (Phi) is 4.68. The first-order chi connectivity index (χ1) is 8.54. The minimum Gasteiger partial charge on any atom is -0.375 e. The molecule has 0 aliphatic carbocycles. The molecule has 18 heavy (non-hydrogen) atoms. The van der Waals surface area contributed by atoms with Crippen LogP contribution in [0.1, 0.15) is 52.9 Å². The molecule has 2 fully saturated rings. The van der Waals surface area contributed by atoms with Crippen molar-refractivity contribution >= 4 is 0 Å². The normalized spacial score (nSPS) is 37.7. The summed E-state index contributed by atoms with van der Waals surface area (Å²) in [6.45, 7) is 10.1. The summed E-state index contributed by atoms with van der Waals surface area (Å²) in [6, 6.07) is 1.10. The Bertz CT molecular complexity index is 261. The zero-order valence-corrected chi connectivity index (χ0v) is 12.3. The highest BCUT2D eigenvalue weighted by atomic mass is 16.5.